The quantitative estimate of drug-likeness (QED) is 0.720. The van der Waals surface area contributed by atoms with Crippen LogP contribution in [-0.2, 0) is 20.1 Å². The van der Waals surface area contributed by atoms with Crippen LogP contribution in [0.2, 0.25) is 0 Å². The number of amides is 1. The van der Waals surface area contributed by atoms with Gasteiger partial charge in [0.05, 0.1) is 12.7 Å². The molecule has 1 amide bonds. The molecule has 28 heavy (non-hydrogen) atoms. The van der Waals surface area contributed by atoms with Gasteiger partial charge in [-0.15, -0.1) is 11.6 Å². The van der Waals surface area contributed by atoms with E-state index in [2.05, 4.69) is 17.3 Å². The Kier molecular flexibility index (Phi) is 6.57. The van der Waals surface area contributed by atoms with Crippen LogP contribution in [-0.4, -0.2) is 38.6 Å². The summed E-state index contributed by atoms with van der Waals surface area (Å²) >= 11 is 6.48. The molecule has 0 radical (unpaired) electrons. The molecule has 2 aromatic rings. The molecule has 8 heteroatoms. The molecule has 0 saturated carbocycles. The van der Waals surface area contributed by atoms with Gasteiger partial charge in [-0.1, -0.05) is 19.4 Å². The number of hydrogen-bond donors (Lipinski definition) is 2. The van der Waals surface area contributed by atoms with Gasteiger partial charge in [-0.3, -0.25) is 9.48 Å². The number of nitrogens with one attached hydrogen (secondary N) is 1. The van der Waals surface area contributed by atoms with Crippen LogP contribution in [0.15, 0.2) is 24.4 Å². The second kappa shape index (κ2) is 8.92. The van der Waals surface area contributed by atoms with E-state index in [1.165, 1.54) is 6.07 Å². The maximum atomic E-state index is 14.1. The largest absolute Gasteiger partial charge is 0.365 e. The smallest absolute Gasteiger partial charge is 0.254 e. The molecular formula is C20H27ClFN5O. The van der Waals surface area contributed by atoms with Gasteiger partial charge in [-0.2, -0.15) is 5.10 Å². The van der Waals surface area contributed by atoms with E-state index in [4.69, 9.17) is 17.3 Å². The molecule has 0 fully saturated rings. The third-order valence-corrected chi connectivity index (χ3v) is 5.50. The van der Waals surface area contributed by atoms with Crippen LogP contribution in [0.25, 0.3) is 0 Å². The lowest BCUT2D eigenvalue weighted by Crippen LogP contribution is -2.39. The number of nitrogens with two attached hydrogens (primary N) is 1. The van der Waals surface area contributed by atoms with Crippen LogP contribution in [0.5, 0.6) is 0 Å². The SMILES string of the molecule is CCCC(Cl)CC1CN(C(=O)c2ccc(CN)c(F)c2)Cc2cnn(C)c2N1. The summed E-state index contributed by atoms with van der Waals surface area (Å²) in [5.41, 5.74) is 7.16. The molecule has 0 bridgehead atoms. The lowest BCUT2D eigenvalue weighted by molar-refractivity contribution is 0.0737. The molecule has 0 aliphatic carbocycles. The van der Waals surface area contributed by atoms with Gasteiger partial charge >= 0.3 is 0 Å². The second-order valence-electron chi connectivity index (χ2n) is 7.30. The van der Waals surface area contributed by atoms with Crippen molar-refractivity contribution >= 4 is 23.3 Å². The van der Waals surface area contributed by atoms with E-state index < -0.39 is 5.82 Å². The number of rotatable bonds is 6. The maximum Gasteiger partial charge on any atom is 0.254 e. The standard InChI is InChI=1S/C20H27ClFN5O/c1-3-4-16(21)8-17-12-27(11-15-10-24-26(2)19(15)25-17)20(28)13-5-6-14(9-23)18(22)7-13/h5-7,10,16-17,25H,3-4,8-9,11-12,23H2,1-2H3. The van der Waals surface area contributed by atoms with Crippen LogP contribution >= 0.6 is 11.6 Å². The van der Waals surface area contributed by atoms with Gasteiger partial charge in [0.1, 0.15) is 11.6 Å². The Balaban J connectivity index is 1.86. The summed E-state index contributed by atoms with van der Waals surface area (Å²) in [6.07, 6.45) is 4.41. The van der Waals surface area contributed by atoms with E-state index in [-0.39, 0.29) is 23.9 Å². The fraction of sp³-hybridized carbons (Fsp3) is 0.500. The summed E-state index contributed by atoms with van der Waals surface area (Å²) in [6.45, 7) is 3.10. The lowest BCUT2D eigenvalue weighted by Gasteiger charge is -2.26. The second-order valence-corrected chi connectivity index (χ2v) is 7.92. The fourth-order valence-corrected chi connectivity index (χ4v) is 4.05. The molecule has 0 spiro atoms. The molecule has 0 saturated heterocycles. The van der Waals surface area contributed by atoms with Crippen molar-refractivity contribution in [3.8, 4) is 0 Å². The van der Waals surface area contributed by atoms with E-state index in [0.29, 0.717) is 24.2 Å². The molecule has 3 N–H and O–H groups in total. The molecule has 6 nitrogen and oxygen atoms in total. The number of halogens is 2. The Labute approximate surface area is 169 Å². The van der Waals surface area contributed by atoms with E-state index in [1.807, 2.05) is 7.05 Å². The van der Waals surface area contributed by atoms with Crippen molar-refractivity contribution in [2.24, 2.45) is 12.8 Å². The summed E-state index contributed by atoms with van der Waals surface area (Å²) in [7, 11) is 1.87. The first-order chi connectivity index (χ1) is 13.4. The highest BCUT2D eigenvalue weighted by Gasteiger charge is 2.28. The van der Waals surface area contributed by atoms with Crippen molar-refractivity contribution < 1.29 is 9.18 Å². The monoisotopic (exact) mass is 407 g/mol. The molecule has 2 unspecified atom stereocenters. The first-order valence-electron chi connectivity index (χ1n) is 9.62. The highest BCUT2D eigenvalue weighted by Crippen LogP contribution is 2.26. The van der Waals surface area contributed by atoms with Gasteiger partial charge in [-0.25, -0.2) is 4.39 Å². The topological polar surface area (TPSA) is 76.2 Å². The molecule has 2 atom stereocenters. The van der Waals surface area contributed by atoms with Crippen molar-refractivity contribution in [2.75, 3.05) is 11.9 Å². The zero-order valence-electron chi connectivity index (χ0n) is 16.3. The lowest BCUT2D eigenvalue weighted by atomic mass is 10.1. The van der Waals surface area contributed by atoms with Crippen LogP contribution in [0, 0.1) is 5.82 Å². The average Bonchev–Trinajstić information content (AvgIpc) is 2.89. The van der Waals surface area contributed by atoms with E-state index in [0.717, 1.165) is 30.6 Å². The number of nitrogens with zero attached hydrogens (tertiary/aromatic N) is 3. The minimum atomic E-state index is -0.455. The van der Waals surface area contributed by atoms with Crippen molar-refractivity contribution in [1.29, 1.82) is 0 Å². The van der Waals surface area contributed by atoms with Gasteiger partial charge in [0, 0.05) is 48.2 Å². The third-order valence-electron chi connectivity index (χ3n) is 5.11. The molecular weight excluding hydrogens is 381 g/mol. The van der Waals surface area contributed by atoms with Crippen LogP contribution in [0.3, 0.4) is 0 Å². The van der Waals surface area contributed by atoms with E-state index >= 15 is 0 Å². The molecule has 152 valence electrons. The molecule has 1 aromatic heterocycles. The number of carbonyl (C=O) groups excluding carboxylic acids is 1. The summed E-state index contributed by atoms with van der Waals surface area (Å²) in [6, 6.07) is 4.46. The number of aromatic nitrogens is 2. The number of carbonyl (C=O) groups is 1. The Morgan fingerprint density at radius 2 is 2.29 bits per heavy atom. The van der Waals surface area contributed by atoms with Crippen molar-refractivity contribution in [3.05, 3.63) is 46.9 Å². The third kappa shape index (κ3) is 4.47. The normalized spacial score (nSPS) is 17.6. The van der Waals surface area contributed by atoms with Crippen LogP contribution < -0.4 is 11.1 Å². The van der Waals surface area contributed by atoms with Gasteiger partial charge in [0.2, 0.25) is 0 Å². The first-order valence-corrected chi connectivity index (χ1v) is 10.1. The summed E-state index contributed by atoms with van der Waals surface area (Å²) in [4.78, 5) is 14.9. The summed E-state index contributed by atoms with van der Waals surface area (Å²) in [5, 5.41) is 7.82. The van der Waals surface area contributed by atoms with E-state index in [9.17, 15) is 9.18 Å². The Hall–Kier alpha value is -2.12. The van der Waals surface area contributed by atoms with Gasteiger partial charge in [0.15, 0.2) is 0 Å². The van der Waals surface area contributed by atoms with Crippen LogP contribution in [0.4, 0.5) is 10.2 Å². The molecule has 1 aliphatic heterocycles. The minimum Gasteiger partial charge on any atom is -0.365 e. The number of benzene rings is 1. The molecule has 1 aromatic carbocycles. The maximum absolute atomic E-state index is 14.1. The predicted molar refractivity (Wildman–Crippen MR) is 109 cm³/mol. The summed E-state index contributed by atoms with van der Waals surface area (Å²) < 4.78 is 15.9. The van der Waals surface area contributed by atoms with Gasteiger partial charge in [-0.05, 0) is 25.0 Å². The molecule has 3 rings (SSSR count). The number of fused-ring (bicyclic) bond motifs is 1. The Morgan fingerprint density at radius 3 is 2.96 bits per heavy atom. The fourth-order valence-electron chi connectivity index (χ4n) is 3.62. The van der Waals surface area contributed by atoms with Crippen molar-refractivity contribution in [2.45, 2.75) is 50.7 Å². The average molecular weight is 408 g/mol. The summed E-state index contributed by atoms with van der Waals surface area (Å²) in [5.74, 6) is 0.224. The highest BCUT2D eigenvalue weighted by atomic mass is 35.5. The number of alkyl halides is 1. The van der Waals surface area contributed by atoms with Crippen LogP contribution in [0.1, 0.15) is 47.7 Å². The van der Waals surface area contributed by atoms with Crippen molar-refractivity contribution in [1.82, 2.24) is 14.7 Å². The van der Waals surface area contributed by atoms with E-state index in [1.54, 1.807) is 27.9 Å². The first kappa shape index (κ1) is 20.6. The van der Waals surface area contributed by atoms with Gasteiger partial charge < -0.3 is 16.0 Å². The van der Waals surface area contributed by atoms with Gasteiger partial charge in [0.25, 0.3) is 5.91 Å². The number of hydrogen-bond acceptors (Lipinski definition) is 4. The Bertz CT molecular complexity index is 840. The van der Waals surface area contributed by atoms with Crippen molar-refractivity contribution in [3.63, 3.8) is 0 Å². The molecule has 2 heterocycles. The predicted octanol–water partition coefficient (Wildman–Crippen LogP) is 3.25. The highest BCUT2D eigenvalue weighted by molar-refractivity contribution is 6.20. The number of aryl methyl sites for hydroxylation is 1. The minimum absolute atomic E-state index is 0.0113. The number of anilines is 1. The Morgan fingerprint density at radius 1 is 1.50 bits per heavy atom. The molecule has 1 aliphatic rings. The zero-order valence-corrected chi connectivity index (χ0v) is 17.0. The zero-order chi connectivity index (χ0) is 20.3.